The lowest BCUT2D eigenvalue weighted by molar-refractivity contribution is 0.462. The van der Waals surface area contributed by atoms with Crippen LogP contribution in [-0.2, 0) is 0 Å². The summed E-state index contributed by atoms with van der Waals surface area (Å²) in [4.78, 5) is 0. The van der Waals surface area contributed by atoms with E-state index in [1.54, 1.807) is 0 Å². The topological polar surface area (TPSA) is 20.2 Å². The first-order chi connectivity index (χ1) is 3.77. The Morgan fingerprint density at radius 2 is 2.38 bits per heavy atom. The summed E-state index contributed by atoms with van der Waals surface area (Å²) in [6.45, 7) is 2.14. The molecule has 0 atom stereocenters. The van der Waals surface area contributed by atoms with Gasteiger partial charge in [-0.2, -0.15) is 0 Å². The molecular weight excluding hydrogens is 215 g/mol. The maximum absolute atomic E-state index is 8.63. The molecule has 0 aromatic rings. The molecule has 1 N–H and O–H groups in total. The van der Waals surface area contributed by atoms with Crippen LogP contribution in [0.4, 0.5) is 0 Å². The highest BCUT2D eigenvalue weighted by atomic mass is 127. The molecule has 0 aromatic heterocycles. The van der Waals surface area contributed by atoms with Crippen LogP contribution in [0, 0.1) is 0 Å². The van der Waals surface area contributed by atoms with Crippen LogP contribution in [0.25, 0.3) is 0 Å². The first kappa shape index (κ1) is 8.27. The maximum Gasteiger partial charge on any atom is 0.149 e. The molecule has 0 unspecified atom stereocenters. The highest BCUT2D eigenvalue weighted by molar-refractivity contribution is 14.1. The Morgan fingerprint density at radius 3 is 2.75 bits per heavy atom. The molecule has 0 aromatic carbocycles. The monoisotopic (exact) mass is 226 g/mol. The van der Waals surface area contributed by atoms with Crippen LogP contribution in [0.3, 0.4) is 0 Å². The molecule has 0 aliphatic carbocycles. The van der Waals surface area contributed by atoms with Crippen molar-refractivity contribution in [3.05, 3.63) is 9.84 Å². The predicted octanol–water partition coefficient (Wildman–Crippen LogP) is 3.01. The van der Waals surface area contributed by atoms with Gasteiger partial charge in [-0.15, -0.1) is 0 Å². The lowest BCUT2D eigenvalue weighted by Crippen LogP contribution is -1.68. The van der Waals surface area contributed by atoms with Crippen LogP contribution in [0.15, 0.2) is 9.84 Å². The summed E-state index contributed by atoms with van der Waals surface area (Å²) >= 11 is 1.90. The molecule has 0 aliphatic rings. The van der Waals surface area contributed by atoms with Crippen molar-refractivity contribution in [1.82, 2.24) is 0 Å². The van der Waals surface area contributed by atoms with Crippen molar-refractivity contribution >= 4 is 22.6 Å². The van der Waals surface area contributed by atoms with Gasteiger partial charge in [0.1, 0.15) is 3.77 Å². The SMILES string of the molecule is CCCC/C=C(/O)I. The van der Waals surface area contributed by atoms with E-state index in [1.165, 1.54) is 12.8 Å². The van der Waals surface area contributed by atoms with E-state index >= 15 is 0 Å². The average molecular weight is 226 g/mol. The molecule has 0 amide bonds. The lowest BCUT2D eigenvalue weighted by atomic mass is 10.2. The third-order valence-electron chi connectivity index (χ3n) is 0.870. The fraction of sp³-hybridized carbons (Fsp3) is 0.667. The quantitative estimate of drug-likeness (QED) is 0.445. The first-order valence-corrected chi connectivity index (χ1v) is 3.90. The Labute approximate surface area is 63.9 Å². The van der Waals surface area contributed by atoms with Gasteiger partial charge >= 0.3 is 0 Å². The molecule has 0 aliphatic heterocycles. The number of allylic oxidation sites excluding steroid dienone is 1. The number of hydrogen-bond acceptors (Lipinski definition) is 1. The minimum atomic E-state index is 0.413. The maximum atomic E-state index is 8.63. The average Bonchev–Trinajstić information content (AvgIpc) is 1.66. The fourth-order valence-electron chi connectivity index (χ4n) is 0.425. The Bertz CT molecular complexity index is 74.6. The van der Waals surface area contributed by atoms with Gasteiger partial charge in [-0.1, -0.05) is 13.3 Å². The number of aliphatic hydroxyl groups is 1. The Hall–Kier alpha value is 0.270. The van der Waals surface area contributed by atoms with Gasteiger partial charge in [0.15, 0.2) is 0 Å². The summed E-state index contributed by atoms with van der Waals surface area (Å²) in [5.74, 6) is 0. The van der Waals surface area contributed by atoms with Crippen LogP contribution in [0.2, 0.25) is 0 Å². The fourth-order valence-corrected chi connectivity index (χ4v) is 0.737. The third kappa shape index (κ3) is 6.27. The van der Waals surface area contributed by atoms with Gasteiger partial charge in [-0.25, -0.2) is 0 Å². The van der Waals surface area contributed by atoms with Crippen molar-refractivity contribution in [2.24, 2.45) is 0 Å². The molecule has 48 valence electrons. The molecule has 0 fully saturated rings. The number of halogens is 1. The van der Waals surface area contributed by atoms with Crippen LogP contribution in [0.1, 0.15) is 26.2 Å². The molecule has 2 heteroatoms. The Balaban J connectivity index is 3.03. The Kier molecular flexibility index (Phi) is 5.59. The van der Waals surface area contributed by atoms with E-state index in [0.717, 1.165) is 6.42 Å². The van der Waals surface area contributed by atoms with Crippen LogP contribution in [0.5, 0.6) is 0 Å². The summed E-state index contributed by atoms with van der Waals surface area (Å²) in [6.07, 6.45) is 5.21. The van der Waals surface area contributed by atoms with E-state index < -0.39 is 0 Å². The van der Waals surface area contributed by atoms with E-state index in [4.69, 9.17) is 5.11 Å². The molecule has 0 saturated heterocycles. The summed E-state index contributed by atoms with van der Waals surface area (Å²) in [5.41, 5.74) is 0. The zero-order valence-electron chi connectivity index (χ0n) is 5.02. The second kappa shape index (κ2) is 5.41. The van der Waals surface area contributed by atoms with Gasteiger partial charge in [-0.3, -0.25) is 0 Å². The van der Waals surface area contributed by atoms with E-state index in [-0.39, 0.29) is 0 Å². The molecule has 0 radical (unpaired) electrons. The van der Waals surface area contributed by atoms with Gasteiger partial charge < -0.3 is 5.11 Å². The van der Waals surface area contributed by atoms with Crippen LogP contribution >= 0.6 is 22.6 Å². The Morgan fingerprint density at radius 1 is 1.75 bits per heavy atom. The van der Waals surface area contributed by atoms with Gasteiger partial charge in [0.2, 0.25) is 0 Å². The highest BCUT2D eigenvalue weighted by Gasteiger charge is 1.81. The third-order valence-corrected chi connectivity index (χ3v) is 1.31. The molecule has 0 heterocycles. The molecule has 0 bridgehead atoms. The van der Waals surface area contributed by atoms with Crippen molar-refractivity contribution in [2.45, 2.75) is 26.2 Å². The second-order valence-electron chi connectivity index (χ2n) is 1.67. The van der Waals surface area contributed by atoms with Crippen LogP contribution in [-0.4, -0.2) is 5.11 Å². The van der Waals surface area contributed by atoms with E-state index in [1.807, 2.05) is 28.7 Å². The molecule has 8 heavy (non-hydrogen) atoms. The van der Waals surface area contributed by atoms with E-state index in [9.17, 15) is 0 Å². The number of aliphatic hydroxyl groups excluding tert-OH is 1. The largest absolute Gasteiger partial charge is 0.503 e. The summed E-state index contributed by atoms with van der Waals surface area (Å²) < 4.78 is 0.413. The van der Waals surface area contributed by atoms with Crippen molar-refractivity contribution < 1.29 is 5.11 Å². The van der Waals surface area contributed by atoms with Crippen molar-refractivity contribution in [2.75, 3.05) is 0 Å². The summed E-state index contributed by atoms with van der Waals surface area (Å²) in [6, 6.07) is 0. The molecule has 1 nitrogen and oxygen atoms in total. The minimum absolute atomic E-state index is 0.413. The number of rotatable bonds is 3. The minimum Gasteiger partial charge on any atom is -0.503 e. The smallest absolute Gasteiger partial charge is 0.149 e. The van der Waals surface area contributed by atoms with E-state index in [0.29, 0.717) is 3.77 Å². The van der Waals surface area contributed by atoms with Gasteiger partial charge in [-0.05, 0) is 41.5 Å². The number of unbranched alkanes of at least 4 members (excludes halogenated alkanes) is 2. The standard InChI is InChI=1S/C6H11IO/c1-2-3-4-5-6(7)8/h5,8H,2-4H2,1H3/b6-5+. The first-order valence-electron chi connectivity index (χ1n) is 2.82. The second-order valence-corrected chi connectivity index (χ2v) is 2.77. The molecular formula is C6H11IO. The van der Waals surface area contributed by atoms with Crippen molar-refractivity contribution in [3.63, 3.8) is 0 Å². The zero-order valence-corrected chi connectivity index (χ0v) is 7.18. The van der Waals surface area contributed by atoms with Crippen molar-refractivity contribution in [3.8, 4) is 0 Å². The summed E-state index contributed by atoms with van der Waals surface area (Å²) in [5, 5.41) is 8.63. The molecule has 0 saturated carbocycles. The predicted molar refractivity (Wildman–Crippen MR) is 44.3 cm³/mol. The lowest BCUT2D eigenvalue weighted by Gasteiger charge is -1.87. The van der Waals surface area contributed by atoms with E-state index in [2.05, 4.69) is 6.92 Å². The molecule has 0 rings (SSSR count). The van der Waals surface area contributed by atoms with Crippen LogP contribution < -0.4 is 0 Å². The number of hydrogen-bond donors (Lipinski definition) is 1. The zero-order chi connectivity index (χ0) is 6.41. The molecule has 0 spiro atoms. The highest BCUT2D eigenvalue weighted by Crippen LogP contribution is 2.03. The van der Waals surface area contributed by atoms with Gasteiger partial charge in [0, 0.05) is 0 Å². The van der Waals surface area contributed by atoms with Gasteiger partial charge in [0.25, 0.3) is 0 Å². The van der Waals surface area contributed by atoms with Gasteiger partial charge in [0.05, 0.1) is 0 Å². The normalized spacial score (nSPS) is 12.0. The summed E-state index contributed by atoms with van der Waals surface area (Å²) in [7, 11) is 0. The van der Waals surface area contributed by atoms with Crippen molar-refractivity contribution in [1.29, 1.82) is 0 Å².